The number of urea groups is 1. The lowest BCUT2D eigenvalue weighted by Gasteiger charge is -2.21. The number of nitrogens with one attached hydrogen (secondary N) is 1. The number of nitrogens with zero attached hydrogens (tertiary/aromatic N) is 1. The third kappa shape index (κ3) is 4.65. The van der Waals surface area contributed by atoms with E-state index in [1.807, 2.05) is 19.1 Å². The number of halogens is 1. The van der Waals surface area contributed by atoms with Gasteiger partial charge in [0.15, 0.2) is 0 Å². The summed E-state index contributed by atoms with van der Waals surface area (Å²) in [6, 6.07) is 7.11. The predicted octanol–water partition coefficient (Wildman–Crippen LogP) is 3.99. The van der Waals surface area contributed by atoms with Crippen LogP contribution in [0.2, 0.25) is 5.02 Å². The molecule has 1 aromatic carbocycles. The number of amides is 2. The number of rotatable bonds is 5. The third-order valence-electron chi connectivity index (χ3n) is 2.53. The third-order valence-corrected chi connectivity index (χ3v) is 2.76. The summed E-state index contributed by atoms with van der Waals surface area (Å²) in [4.78, 5) is 13.7. The number of hydrogen-bond donors (Lipinski definition) is 1. The molecule has 0 radical (unpaired) electrons. The van der Waals surface area contributed by atoms with Crippen molar-refractivity contribution >= 4 is 23.3 Å². The van der Waals surface area contributed by atoms with E-state index in [0.717, 1.165) is 25.1 Å². The van der Waals surface area contributed by atoms with Crippen LogP contribution in [0.4, 0.5) is 10.5 Å². The normalized spacial score (nSPS) is 10.1. The summed E-state index contributed by atoms with van der Waals surface area (Å²) >= 11 is 5.86. The average Bonchev–Trinajstić information content (AvgIpc) is 2.30. The van der Waals surface area contributed by atoms with Gasteiger partial charge >= 0.3 is 6.03 Å². The highest BCUT2D eigenvalue weighted by Gasteiger charge is 2.10. The summed E-state index contributed by atoms with van der Waals surface area (Å²) in [6.45, 7) is 5.60. The molecule has 0 aliphatic carbocycles. The molecule has 17 heavy (non-hydrogen) atoms. The molecule has 0 aliphatic rings. The van der Waals surface area contributed by atoms with Gasteiger partial charge in [0.05, 0.1) is 0 Å². The van der Waals surface area contributed by atoms with Crippen LogP contribution in [0.25, 0.3) is 0 Å². The van der Waals surface area contributed by atoms with E-state index in [0.29, 0.717) is 11.6 Å². The zero-order valence-corrected chi connectivity index (χ0v) is 11.1. The Bertz CT molecular complexity index is 368. The molecule has 0 spiro atoms. The smallest absolute Gasteiger partial charge is 0.321 e. The minimum Gasteiger partial charge on any atom is -0.325 e. The number of carbonyl (C=O) groups is 1. The van der Waals surface area contributed by atoms with E-state index in [2.05, 4.69) is 12.2 Å². The molecular formula is C13H19ClN2O. The van der Waals surface area contributed by atoms with Gasteiger partial charge in [-0.2, -0.15) is 0 Å². The summed E-state index contributed by atoms with van der Waals surface area (Å²) in [5, 5.41) is 3.47. The van der Waals surface area contributed by atoms with Crippen LogP contribution in [0.1, 0.15) is 26.7 Å². The van der Waals surface area contributed by atoms with E-state index in [-0.39, 0.29) is 6.03 Å². The van der Waals surface area contributed by atoms with Gasteiger partial charge in [0.25, 0.3) is 0 Å². The van der Waals surface area contributed by atoms with Crippen molar-refractivity contribution in [3.05, 3.63) is 29.3 Å². The van der Waals surface area contributed by atoms with Gasteiger partial charge in [-0.25, -0.2) is 4.79 Å². The Morgan fingerprint density at radius 3 is 2.76 bits per heavy atom. The molecule has 0 heterocycles. The van der Waals surface area contributed by atoms with Crippen molar-refractivity contribution in [2.45, 2.75) is 26.7 Å². The molecule has 0 aliphatic heterocycles. The summed E-state index contributed by atoms with van der Waals surface area (Å²) in [6.07, 6.45) is 2.11. The minimum absolute atomic E-state index is 0.0665. The summed E-state index contributed by atoms with van der Waals surface area (Å²) in [5.41, 5.74) is 0.734. The summed E-state index contributed by atoms with van der Waals surface area (Å²) < 4.78 is 0. The molecule has 94 valence electrons. The zero-order chi connectivity index (χ0) is 12.7. The van der Waals surface area contributed by atoms with E-state index >= 15 is 0 Å². The van der Waals surface area contributed by atoms with Gasteiger partial charge < -0.3 is 10.2 Å². The Labute approximate surface area is 108 Å². The molecule has 0 saturated heterocycles. The van der Waals surface area contributed by atoms with Gasteiger partial charge in [0, 0.05) is 23.8 Å². The highest BCUT2D eigenvalue weighted by molar-refractivity contribution is 6.30. The second-order valence-corrected chi connectivity index (χ2v) is 4.31. The number of unbranched alkanes of at least 4 members (excludes halogenated alkanes) is 1. The minimum atomic E-state index is -0.0665. The Hall–Kier alpha value is -1.22. The van der Waals surface area contributed by atoms with Crippen LogP contribution in [0.15, 0.2) is 24.3 Å². The van der Waals surface area contributed by atoms with Crippen LogP contribution in [-0.2, 0) is 0 Å². The number of anilines is 1. The van der Waals surface area contributed by atoms with Crippen molar-refractivity contribution < 1.29 is 4.79 Å². The largest absolute Gasteiger partial charge is 0.325 e. The Kier molecular flexibility index (Phi) is 5.84. The van der Waals surface area contributed by atoms with Crippen molar-refractivity contribution in [1.82, 2.24) is 4.90 Å². The highest BCUT2D eigenvalue weighted by atomic mass is 35.5. The molecule has 0 fully saturated rings. The lowest BCUT2D eigenvalue weighted by molar-refractivity contribution is 0.213. The Morgan fingerprint density at radius 1 is 1.41 bits per heavy atom. The first-order valence-corrected chi connectivity index (χ1v) is 6.36. The fraction of sp³-hybridized carbons (Fsp3) is 0.462. The van der Waals surface area contributed by atoms with Crippen molar-refractivity contribution in [2.24, 2.45) is 0 Å². The molecule has 0 unspecified atom stereocenters. The molecule has 1 aromatic rings. The van der Waals surface area contributed by atoms with Crippen LogP contribution in [0, 0.1) is 0 Å². The monoisotopic (exact) mass is 254 g/mol. The molecule has 0 bridgehead atoms. The predicted molar refractivity (Wildman–Crippen MR) is 72.6 cm³/mol. The van der Waals surface area contributed by atoms with Crippen LogP contribution in [0.3, 0.4) is 0 Å². The Balaban J connectivity index is 2.57. The molecule has 0 aromatic heterocycles. The zero-order valence-electron chi connectivity index (χ0n) is 10.4. The van der Waals surface area contributed by atoms with E-state index in [1.165, 1.54) is 0 Å². The average molecular weight is 255 g/mol. The number of hydrogen-bond acceptors (Lipinski definition) is 1. The summed E-state index contributed by atoms with van der Waals surface area (Å²) in [5.74, 6) is 0. The molecule has 4 heteroatoms. The van der Waals surface area contributed by atoms with Gasteiger partial charge in [-0.05, 0) is 31.5 Å². The van der Waals surface area contributed by atoms with E-state index in [1.54, 1.807) is 17.0 Å². The van der Waals surface area contributed by atoms with Crippen LogP contribution < -0.4 is 5.32 Å². The van der Waals surface area contributed by atoms with Crippen molar-refractivity contribution in [3.8, 4) is 0 Å². The topological polar surface area (TPSA) is 32.3 Å². The van der Waals surface area contributed by atoms with E-state index < -0.39 is 0 Å². The summed E-state index contributed by atoms with van der Waals surface area (Å²) in [7, 11) is 0. The first-order valence-electron chi connectivity index (χ1n) is 5.98. The SMILES string of the molecule is CCCCN(CC)C(=O)Nc1cccc(Cl)c1. The van der Waals surface area contributed by atoms with Crippen LogP contribution in [-0.4, -0.2) is 24.0 Å². The molecule has 3 nitrogen and oxygen atoms in total. The van der Waals surface area contributed by atoms with Crippen molar-refractivity contribution in [1.29, 1.82) is 0 Å². The Morgan fingerprint density at radius 2 is 2.18 bits per heavy atom. The van der Waals surface area contributed by atoms with Crippen molar-refractivity contribution in [2.75, 3.05) is 18.4 Å². The van der Waals surface area contributed by atoms with Crippen molar-refractivity contribution in [3.63, 3.8) is 0 Å². The second-order valence-electron chi connectivity index (χ2n) is 3.87. The maximum atomic E-state index is 11.9. The number of carbonyl (C=O) groups excluding carboxylic acids is 1. The maximum absolute atomic E-state index is 11.9. The maximum Gasteiger partial charge on any atom is 0.321 e. The van der Waals surface area contributed by atoms with Crippen LogP contribution in [0.5, 0.6) is 0 Å². The second kappa shape index (κ2) is 7.17. The standard InChI is InChI=1S/C13H19ClN2O/c1-3-5-9-16(4-2)13(17)15-12-8-6-7-11(14)10-12/h6-8,10H,3-5,9H2,1-2H3,(H,15,17). The van der Waals surface area contributed by atoms with Gasteiger partial charge in [-0.3, -0.25) is 0 Å². The van der Waals surface area contributed by atoms with Gasteiger partial charge in [-0.15, -0.1) is 0 Å². The quantitative estimate of drug-likeness (QED) is 0.847. The lowest BCUT2D eigenvalue weighted by Crippen LogP contribution is -2.35. The molecule has 0 atom stereocenters. The molecule has 1 N–H and O–H groups in total. The molecule has 0 saturated carbocycles. The first kappa shape index (κ1) is 13.8. The lowest BCUT2D eigenvalue weighted by atomic mass is 10.3. The van der Waals surface area contributed by atoms with Gasteiger partial charge in [-0.1, -0.05) is 31.0 Å². The first-order chi connectivity index (χ1) is 8.17. The number of benzene rings is 1. The van der Waals surface area contributed by atoms with E-state index in [9.17, 15) is 4.79 Å². The fourth-order valence-electron chi connectivity index (χ4n) is 1.52. The fourth-order valence-corrected chi connectivity index (χ4v) is 1.71. The van der Waals surface area contributed by atoms with Gasteiger partial charge in [0.2, 0.25) is 0 Å². The molecular weight excluding hydrogens is 236 g/mol. The molecule has 1 rings (SSSR count). The molecule has 2 amide bonds. The van der Waals surface area contributed by atoms with Gasteiger partial charge in [0.1, 0.15) is 0 Å². The van der Waals surface area contributed by atoms with E-state index in [4.69, 9.17) is 11.6 Å². The van der Waals surface area contributed by atoms with Crippen LogP contribution >= 0.6 is 11.6 Å². The highest BCUT2D eigenvalue weighted by Crippen LogP contribution is 2.15.